The molecular weight excluding hydrogens is 291 g/mol. The Morgan fingerprint density at radius 2 is 1.96 bits per heavy atom. The molecule has 0 heterocycles. The summed E-state index contributed by atoms with van der Waals surface area (Å²) in [5.74, 6) is 1.59. The quantitative estimate of drug-likeness (QED) is 0.713. The minimum Gasteiger partial charge on any atom is -0.393 e. The first-order valence-corrected chi connectivity index (χ1v) is 9.35. The number of aliphatic hydroxyl groups is 2. The molecule has 0 aliphatic heterocycles. The molecule has 0 bridgehead atoms. The van der Waals surface area contributed by atoms with E-state index in [-0.39, 0.29) is 23.0 Å². The van der Waals surface area contributed by atoms with Gasteiger partial charge in [0.2, 0.25) is 0 Å². The Bertz CT molecular complexity index is 542. The first kappa shape index (κ1) is 15.8. The second-order valence-electron chi connectivity index (χ2n) is 8.71. The lowest BCUT2D eigenvalue weighted by molar-refractivity contribution is -0.0644. The molecule has 0 spiro atoms. The molecule has 2 N–H and O–H groups in total. The first-order chi connectivity index (χ1) is 11.0. The van der Waals surface area contributed by atoms with E-state index in [0.29, 0.717) is 24.2 Å². The van der Waals surface area contributed by atoms with E-state index in [4.69, 9.17) is 0 Å². The van der Waals surface area contributed by atoms with E-state index in [1.165, 1.54) is 5.57 Å². The van der Waals surface area contributed by atoms with E-state index in [1.54, 1.807) is 6.08 Å². The summed E-state index contributed by atoms with van der Waals surface area (Å²) < 4.78 is 13.3. The van der Waals surface area contributed by atoms with Gasteiger partial charge in [-0.1, -0.05) is 18.6 Å². The average Bonchev–Trinajstić information content (AvgIpc) is 2.84. The minimum atomic E-state index is -0.263. The largest absolute Gasteiger partial charge is 0.393 e. The number of halogens is 1. The van der Waals surface area contributed by atoms with Crippen LogP contribution in [0.5, 0.6) is 0 Å². The molecule has 23 heavy (non-hydrogen) atoms. The first-order valence-electron chi connectivity index (χ1n) is 9.35. The normalized spacial score (nSPS) is 52.7. The van der Waals surface area contributed by atoms with Crippen LogP contribution in [0.25, 0.3) is 0 Å². The molecule has 0 aromatic carbocycles. The molecule has 2 nitrogen and oxygen atoms in total. The van der Waals surface area contributed by atoms with Crippen molar-refractivity contribution in [3.63, 3.8) is 0 Å². The lowest BCUT2D eigenvalue weighted by atomic mass is 9.47. The van der Waals surface area contributed by atoms with Crippen LogP contribution in [-0.4, -0.2) is 22.4 Å². The fourth-order valence-electron chi connectivity index (χ4n) is 6.74. The van der Waals surface area contributed by atoms with E-state index >= 15 is 0 Å². The van der Waals surface area contributed by atoms with Gasteiger partial charge in [-0.15, -0.1) is 0 Å². The number of rotatable bonds is 1. The van der Waals surface area contributed by atoms with E-state index in [0.717, 1.165) is 51.3 Å². The molecule has 0 saturated heterocycles. The number of fused-ring (bicyclic) bond motifs is 5. The van der Waals surface area contributed by atoms with Gasteiger partial charge in [0.15, 0.2) is 0 Å². The van der Waals surface area contributed by atoms with E-state index in [2.05, 4.69) is 13.0 Å². The summed E-state index contributed by atoms with van der Waals surface area (Å²) in [6, 6.07) is 0. The van der Waals surface area contributed by atoms with E-state index in [9.17, 15) is 14.6 Å². The molecule has 4 aliphatic carbocycles. The van der Waals surface area contributed by atoms with Crippen molar-refractivity contribution in [2.24, 2.45) is 28.6 Å². The molecule has 0 aromatic heterocycles. The molecule has 4 rings (SSSR count). The van der Waals surface area contributed by atoms with Crippen molar-refractivity contribution in [2.75, 3.05) is 0 Å². The fourth-order valence-corrected chi connectivity index (χ4v) is 6.74. The van der Waals surface area contributed by atoms with E-state index < -0.39 is 0 Å². The Kier molecular flexibility index (Phi) is 3.73. The molecule has 128 valence electrons. The minimum absolute atomic E-state index is 0.0569. The highest BCUT2D eigenvalue weighted by atomic mass is 19.1. The zero-order valence-corrected chi connectivity index (χ0v) is 14.0. The van der Waals surface area contributed by atoms with Gasteiger partial charge in [0.05, 0.1) is 18.5 Å². The van der Waals surface area contributed by atoms with Gasteiger partial charge in [0, 0.05) is 5.41 Å². The van der Waals surface area contributed by atoms with Gasteiger partial charge in [0.1, 0.15) is 0 Å². The summed E-state index contributed by atoms with van der Waals surface area (Å²) in [6.45, 7) is 2.27. The van der Waals surface area contributed by atoms with Crippen LogP contribution in [0, 0.1) is 28.6 Å². The monoisotopic (exact) mass is 320 g/mol. The summed E-state index contributed by atoms with van der Waals surface area (Å²) in [7, 11) is 0. The van der Waals surface area contributed by atoms with Crippen LogP contribution in [0.3, 0.4) is 0 Å². The van der Waals surface area contributed by atoms with Crippen molar-refractivity contribution in [1.82, 2.24) is 0 Å². The molecule has 0 amide bonds. The third-order valence-corrected chi connectivity index (χ3v) is 7.99. The topological polar surface area (TPSA) is 40.5 Å². The van der Waals surface area contributed by atoms with Crippen molar-refractivity contribution >= 4 is 0 Å². The molecule has 3 fully saturated rings. The molecule has 7 atom stereocenters. The Morgan fingerprint density at radius 3 is 2.74 bits per heavy atom. The highest BCUT2D eigenvalue weighted by Crippen LogP contribution is 2.65. The van der Waals surface area contributed by atoms with E-state index in [1.807, 2.05) is 0 Å². The predicted octanol–water partition coefficient (Wildman–Crippen LogP) is 4.13. The highest BCUT2D eigenvalue weighted by Gasteiger charge is 2.59. The second kappa shape index (κ2) is 5.42. The summed E-state index contributed by atoms with van der Waals surface area (Å²) in [6.07, 6.45) is 12.0. The molecule has 3 unspecified atom stereocenters. The smallest absolute Gasteiger partial charge is 0.0836 e. The Labute approximate surface area is 138 Å². The third kappa shape index (κ3) is 2.12. The molecule has 3 saturated carbocycles. The molecule has 0 aromatic rings. The Morgan fingerprint density at radius 1 is 1.13 bits per heavy atom. The van der Waals surface area contributed by atoms with Crippen LogP contribution in [0.4, 0.5) is 4.39 Å². The van der Waals surface area contributed by atoms with Crippen molar-refractivity contribution < 1.29 is 14.6 Å². The summed E-state index contributed by atoms with van der Waals surface area (Å²) in [5, 5.41) is 20.5. The SMILES string of the molecule is C[C@]12CCC3C(CC=C4C[C@@H](O)CC[C@@]43/C=C\F)C1CC[C@@H]2O. The maximum absolute atomic E-state index is 13.3. The zero-order chi connectivity index (χ0) is 16.2. The van der Waals surface area contributed by atoms with Crippen LogP contribution in [0.2, 0.25) is 0 Å². The molecule has 0 radical (unpaired) electrons. The van der Waals surface area contributed by atoms with Crippen LogP contribution in [0.1, 0.15) is 58.3 Å². The van der Waals surface area contributed by atoms with Crippen LogP contribution in [-0.2, 0) is 0 Å². The number of aliphatic hydroxyl groups excluding tert-OH is 2. The molecule has 4 aliphatic rings. The maximum atomic E-state index is 13.3. The van der Waals surface area contributed by atoms with Gasteiger partial charge >= 0.3 is 0 Å². The summed E-state index contributed by atoms with van der Waals surface area (Å²) >= 11 is 0. The lowest BCUT2D eigenvalue weighted by Crippen LogP contribution is -2.51. The van der Waals surface area contributed by atoms with Gasteiger partial charge in [-0.2, -0.15) is 0 Å². The van der Waals surface area contributed by atoms with Gasteiger partial charge in [-0.05, 0) is 80.6 Å². The second-order valence-corrected chi connectivity index (χ2v) is 8.71. The fraction of sp³-hybridized carbons (Fsp3) is 0.800. The standard InChI is InChI=1S/C20H29FO2/c1-19-8-7-17-15(16(19)4-5-18(19)23)3-2-13-12-14(22)6-9-20(13,17)10-11-21/h2,10-11,14-18,22-23H,3-9,12H2,1H3/b11-10-/t14-,15?,16?,17?,18-,19-,20+/m0/s1. The summed E-state index contributed by atoms with van der Waals surface area (Å²) in [4.78, 5) is 0. The maximum Gasteiger partial charge on any atom is 0.0836 e. The van der Waals surface area contributed by atoms with Crippen molar-refractivity contribution in [3.8, 4) is 0 Å². The lowest BCUT2D eigenvalue weighted by Gasteiger charge is -2.57. The molecular formula is C20H29FO2. The number of hydrogen-bond acceptors (Lipinski definition) is 2. The van der Waals surface area contributed by atoms with Gasteiger partial charge < -0.3 is 10.2 Å². The van der Waals surface area contributed by atoms with Crippen molar-refractivity contribution in [3.05, 3.63) is 24.1 Å². The highest BCUT2D eigenvalue weighted by molar-refractivity contribution is 5.31. The van der Waals surface area contributed by atoms with Gasteiger partial charge in [-0.3, -0.25) is 0 Å². The number of hydrogen-bond donors (Lipinski definition) is 2. The summed E-state index contributed by atoms with van der Waals surface area (Å²) in [5.41, 5.74) is 1.15. The van der Waals surface area contributed by atoms with Gasteiger partial charge in [-0.25, -0.2) is 4.39 Å². The zero-order valence-electron chi connectivity index (χ0n) is 14.0. The average molecular weight is 320 g/mol. The van der Waals surface area contributed by atoms with Crippen LogP contribution < -0.4 is 0 Å². The number of allylic oxidation sites excluding steroid dienone is 2. The predicted molar refractivity (Wildman–Crippen MR) is 88.3 cm³/mol. The van der Waals surface area contributed by atoms with Crippen LogP contribution in [0.15, 0.2) is 24.1 Å². The van der Waals surface area contributed by atoms with Crippen LogP contribution >= 0.6 is 0 Å². The van der Waals surface area contributed by atoms with Crippen molar-refractivity contribution in [2.45, 2.75) is 70.5 Å². The third-order valence-electron chi connectivity index (χ3n) is 7.99. The van der Waals surface area contributed by atoms with Gasteiger partial charge in [0.25, 0.3) is 0 Å². The molecule has 3 heteroatoms. The van der Waals surface area contributed by atoms with Crippen molar-refractivity contribution in [1.29, 1.82) is 0 Å². The Balaban J connectivity index is 1.73. The Hall–Kier alpha value is -0.670.